The SMILES string of the molecule is O=[C]CCC(C[C]=O)c1ccccc1. The lowest BCUT2D eigenvalue weighted by molar-refractivity contribution is 0.525. The first kappa shape index (κ1) is 10.6. The molecule has 0 aliphatic carbocycles. The van der Waals surface area contributed by atoms with E-state index in [0.717, 1.165) is 5.56 Å². The molecule has 1 rings (SSSR count). The van der Waals surface area contributed by atoms with Crippen LogP contribution in [0.4, 0.5) is 0 Å². The molecule has 0 fully saturated rings. The van der Waals surface area contributed by atoms with Crippen LogP contribution in [-0.2, 0) is 9.59 Å². The van der Waals surface area contributed by atoms with Gasteiger partial charge in [-0.1, -0.05) is 30.3 Å². The Hall–Kier alpha value is -1.44. The van der Waals surface area contributed by atoms with Crippen molar-refractivity contribution in [1.29, 1.82) is 0 Å². The Morgan fingerprint density at radius 2 is 1.79 bits per heavy atom. The second-order valence-corrected chi connectivity index (χ2v) is 3.14. The molecule has 1 atom stereocenters. The monoisotopic (exact) mass is 188 g/mol. The van der Waals surface area contributed by atoms with Crippen LogP contribution >= 0.6 is 0 Å². The molecule has 0 N–H and O–H groups in total. The molecule has 0 saturated heterocycles. The highest BCUT2D eigenvalue weighted by Gasteiger charge is 2.10. The van der Waals surface area contributed by atoms with E-state index < -0.39 is 0 Å². The number of carbonyl (C=O) groups excluding carboxylic acids is 2. The summed E-state index contributed by atoms with van der Waals surface area (Å²) in [7, 11) is 0. The van der Waals surface area contributed by atoms with Crippen LogP contribution in [0.25, 0.3) is 0 Å². The van der Waals surface area contributed by atoms with Crippen LogP contribution in [0.1, 0.15) is 30.7 Å². The fourth-order valence-corrected chi connectivity index (χ4v) is 1.45. The summed E-state index contributed by atoms with van der Waals surface area (Å²) >= 11 is 0. The molecule has 2 nitrogen and oxygen atoms in total. The van der Waals surface area contributed by atoms with Crippen molar-refractivity contribution in [1.82, 2.24) is 0 Å². The molecule has 1 unspecified atom stereocenters. The molecular formula is C12H12O2. The van der Waals surface area contributed by atoms with Crippen molar-refractivity contribution in [3.8, 4) is 0 Å². The lowest BCUT2D eigenvalue weighted by Crippen LogP contribution is -1.99. The van der Waals surface area contributed by atoms with Crippen LogP contribution in [0, 0.1) is 0 Å². The number of benzene rings is 1. The van der Waals surface area contributed by atoms with Crippen molar-refractivity contribution in [2.45, 2.75) is 25.2 Å². The Morgan fingerprint density at radius 3 is 2.36 bits per heavy atom. The molecule has 1 aromatic rings. The van der Waals surface area contributed by atoms with Crippen molar-refractivity contribution in [3.63, 3.8) is 0 Å². The van der Waals surface area contributed by atoms with Crippen LogP contribution < -0.4 is 0 Å². The molecule has 0 heterocycles. The molecule has 1 aromatic carbocycles. The first-order chi connectivity index (χ1) is 6.88. The minimum absolute atomic E-state index is 0.107. The Balaban J connectivity index is 2.66. The van der Waals surface area contributed by atoms with Gasteiger partial charge in [-0.2, -0.15) is 0 Å². The van der Waals surface area contributed by atoms with Gasteiger partial charge in [0, 0.05) is 12.8 Å². The van der Waals surface area contributed by atoms with Gasteiger partial charge in [-0.15, -0.1) is 0 Å². The summed E-state index contributed by atoms with van der Waals surface area (Å²) in [6.45, 7) is 0. The maximum absolute atomic E-state index is 10.3. The van der Waals surface area contributed by atoms with Crippen molar-refractivity contribution in [2.24, 2.45) is 0 Å². The molecule has 14 heavy (non-hydrogen) atoms. The number of rotatable bonds is 6. The molecule has 0 aromatic heterocycles. The predicted octanol–water partition coefficient (Wildman–Crippen LogP) is 2.16. The highest BCUT2D eigenvalue weighted by molar-refractivity contribution is 5.54. The fraction of sp³-hybridized carbons (Fsp3) is 0.333. The van der Waals surface area contributed by atoms with E-state index in [1.54, 1.807) is 0 Å². The second kappa shape index (κ2) is 6.08. The third kappa shape index (κ3) is 3.13. The van der Waals surface area contributed by atoms with E-state index in [4.69, 9.17) is 0 Å². The highest BCUT2D eigenvalue weighted by Crippen LogP contribution is 2.22. The van der Waals surface area contributed by atoms with Crippen molar-refractivity contribution >= 4 is 12.6 Å². The van der Waals surface area contributed by atoms with E-state index in [9.17, 15) is 9.59 Å². The maximum atomic E-state index is 10.3. The minimum atomic E-state index is 0.107. The van der Waals surface area contributed by atoms with Gasteiger partial charge in [0.2, 0.25) is 0 Å². The predicted molar refractivity (Wildman–Crippen MR) is 54.4 cm³/mol. The largest absolute Gasteiger partial charge is 0.291 e. The Bertz CT molecular complexity index is 280. The zero-order chi connectivity index (χ0) is 10.2. The first-order valence-corrected chi connectivity index (χ1v) is 4.63. The molecule has 0 amide bonds. The van der Waals surface area contributed by atoms with Gasteiger partial charge in [0.05, 0.1) is 0 Å². The summed E-state index contributed by atoms with van der Waals surface area (Å²) in [5.41, 5.74) is 1.09. The van der Waals surface area contributed by atoms with Gasteiger partial charge < -0.3 is 0 Å². The average molecular weight is 188 g/mol. The van der Waals surface area contributed by atoms with Gasteiger partial charge in [-0.3, -0.25) is 9.59 Å². The standard InChI is InChI=1S/C12H12O2/c13-9-4-7-12(8-10-14)11-5-2-1-3-6-11/h1-3,5-6,12H,4,7-8H2. The van der Waals surface area contributed by atoms with Gasteiger partial charge in [0.1, 0.15) is 0 Å². The van der Waals surface area contributed by atoms with Gasteiger partial charge in [-0.25, -0.2) is 0 Å². The van der Waals surface area contributed by atoms with Crippen LogP contribution in [0.15, 0.2) is 30.3 Å². The summed E-state index contributed by atoms with van der Waals surface area (Å²) in [6, 6.07) is 9.71. The zero-order valence-electron chi connectivity index (χ0n) is 7.90. The van der Waals surface area contributed by atoms with Gasteiger partial charge in [-0.05, 0) is 17.9 Å². The Kier molecular flexibility index (Phi) is 4.62. The third-order valence-corrected chi connectivity index (χ3v) is 2.20. The van der Waals surface area contributed by atoms with Crippen molar-refractivity contribution in [2.75, 3.05) is 0 Å². The Morgan fingerprint density at radius 1 is 1.07 bits per heavy atom. The van der Waals surface area contributed by atoms with Gasteiger partial charge in [0.25, 0.3) is 0 Å². The van der Waals surface area contributed by atoms with Crippen LogP contribution in [0.3, 0.4) is 0 Å². The molecule has 72 valence electrons. The molecule has 0 saturated carbocycles. The van der Waals surface area contributed by atoms with E-state index in [2.05, 4.69) is 0 Å². The molecular weight excluding hydrogens is 176 g/mol. The molecule has 0 spiro atoms. The van der Waals surface area contributed by atoms with Gasteiger partial charge >= 0.3 is 0 Å². The summed E-state index contributed by atoms with van der Waals surface area (Å²) in [4.78, 5) is 20.4. The topological polar surface area (TPSA) is 34.1 Å². The van der Waals surface area contributed by atoms with Crippen LogP contribution in [0.5, 0.6) is 0 Å². The highest BCUT2D eigenvalue weighted by atomic mass is 16.1. The molecule has 2 heteroatoms. The van der Waals surface area contributed by atoms with Crippen molar-refractivity contribution in [3.05, 3.63) is 35.9 Å². The molecule has 2 radical (unpaired) electrons. The lowest BCUT2D eigenvalue weighted by Gasteiger charge is -2.11. The summed E-state index contributed by atoms with van der Waals surface area (Å²) < 4.78 is 0. The molecule has 0 aliphatic heterocycles. The second-order valence-electron chi connectivity index (χ2n) is 3.14. The summed E-state index contributed by atoms with van der Waals surface area (Å²) in [5, 5.41) is 0. The summed E-state index contributed by atoms with van der Waals surface area (Å²) in [5.74, 6) is 0.107. The normalized spacial score (nSPS) is 12.0. The zero-order valence-corrected chi connectivity index (χ0v) is 7.90. The minimum Gasteiger partial charge on any atom is -0.291 e. The van der Waals surface area contributed by atoms with Crippen LogP contribution in [0.2, 0.25) is 0 Å². The molecule has 0 bridgehead atoms. The first-order valence-electron chi connectivity index (χ1n) is 4.63. The van der Waals surface area contributed by atoms with Crippen molar-refractivity contribution < 1.29 is 9.59 Å². The number of hydrogen-bond donors (Lipinski definition) is 0. The Labute approximate surface area is 83.9 Å². The molecule has 0 aliphatic rings. The van der Waals surface area contributed by atoms with E-state index in [1.807, 2.05) is 42.9 Å². The van der Waals surface area contributed by atoms with E-state index in [0.29, 0.717) is 19.3 Å². The fourth-order valence-electron chi connectivity index (χ4n) is 1.45. The smallest absolute Gasteiger partial charge is 0.199 e. The average Bonchev–Trinajstić information content (AvgIpc) is 2.25. The van der Waals surface area contributed by atoms with E-state index >= 15 is 0 Å². The number of hydrogen-bond acceptors (Lipinski definition) is 2. The van der Waals surface area contributed by atoms with Crippen LogP contribution in [-0.4, -0.2) is 12.6 Å². The van der Waals surface area contributed by atoms with E-state index in [-0.39, 0.29) is 5.92 Å². The lowest BCUT2D eigenvalue weighted by atomic mass is 9.92. The van der Waals surface area contributed by atoms with E-state index in [1.165, 1.54) is 0 Å². The van der Waals surface area contributed by atoms with Gasteiger partial charge in [0.15, 0.2) is 12.6 Å². The quantitative estimate of drug-likeness (QED) is 0.685. The third-order valence-electron chi connectivity index (χ3n) is 2.20. The summed E-state index contributed by atoms with van der Waals surface area (Å²) in [6.07, 6.45) is 5.14. The maximum Gasteiger partial charge on any atom is 0.199 e.